The highest BCUT2D eigenvalue weighted by molar-refractivity contribution is 7.89. The van der Waals surface area contributed by atoms with E-state index in [0.29, 0.717) is 18.5 Å². The van der Waals surface area contributed by atoms with Crippen LogP contribution < -0.4 is 10.5 Å². The van der Waals surface area contributed by atoms with Gasteiger partial charge in [0.05, 0.1) is 10.5 Å². The third-order valence-corrected chi connectivity index (χ3v) is 4.05. The molecule has 22 heavy (non-hydrogen) atoms. The van der Waals surface area contributed by atoms with Crippen molar-refractivity contribution < 1.29 is 13.2 Å². The summed E-state index contributed by atoms with van der Waals surface area (Å²) in [6.45, 7) is 2.30. The third-order valence-electron chi connectivity index (χ3n) is 3.12. The van der Waals surface area contributed by atoms with Gasteiger partial charge in [0.2, 0.25) is 10.0 Å². The first-order valence-corrected chi connectivity index (χ1v) is 8.23. The number of amides is 1. The van der Waals surface area contributed by atoms with Crippen LogP contribution >= 0.6 is 0 Å². The van der Waals surface area contributed by atoms with Crippen LogP contribution in [-0.4, -0.2) is 25.9 Å². The van der Waals surface area contributed by atoms with Crippen LogP contribution in [0.25, 0.3) is 0 Å². The van der Waals surface area contributed by atoms with Crippen molar-refractivity contribution in [2.24, 2.45) is 5.14 Å². The summed E-state index contributed by atoms with van der Waals surface area (Å²) >= 11 is 0. The highest BCUT2D eigenvalue weighted by Gasteiger charge is 2.07. The van der Waals surface area contributed by atoms with E-state index < -0.39 is 10.0 Å². The molecular weight excluding hydrogens is 302 g/mol. The molecule has 0 bridgehead atoms. The van der Waals surface area contributed by atoms with Gasteiger partial charge in [0.25, 0.3) is 5.91 Å². The van der Waals surface area contributed by atoms with Crippen molar-refractivity contribution in [3.05, 3.63) is 59.4 Å². The second-order valence-corrected chi connectivity index (χ2v) is 6.44. The SMILES string of the molecule is Cc1ccc(C(=O)NCCc2ccc(S(N)(=O)=O)cc2)cn1. The van der Waals surface area contributed by atoms with E-state index >= 15 is 0 Å². The van der Waals surface area contributed by atoms with E-state index in [-0.39, 0.29) is 10.8 Å². The molecule has 1 heterocycles. The van der Waals surface area contributed by atoms with Crippen molar-refractivity contribution in [2.75, 3.05) is 6.54 Å². The van der Waals surface area contributed by atoms with Gasteiger partial charge in [0, 0.05) is 18.4 Å². The van der Waals surface area contributed by atoms with E-state index in [1.165, 1.54) is 18.3 Å². The van der Waals surface area contributed by atoms with Gasteiger partial charge in [-0.05, 0) is 43.2 Å². The van der Waals surface area contributed by atoms with E-state index in [2.05, 4.69) is 10.3 Å². The Morgan fingerprint density at radius 1 is 1.18 bits per heavy atom. The first-order chi connectivity index (χ1) is 10.4. The normalized spacial score (nSPS) is 11.2. The molecular formula is C15H17N3O3S. The van der Waals surface area contributed by atoms with Crippen molar-refractivity contribution >= 4 is 15.9 Å². The molecule has 0 spiro atoms. The zero-order valence-corrected chi connectivity index (χ0v) is 12.9. The van der Waals surface area contributed by atoms with Crippen LogP contribution in [0.5, 0.6) is 0 Å². The van der Waals surface area contributed by atoms with Gasteiger partial charge in [-0.1, -0.05) is 12.1 Å². The van der Waals surface area contributed by atoms with Gasteiger partial charge >= 0.3 is 0 Å². The fourth-order valence-electron chi connectivity index (χ4n) is 1.87. The monoisotopic (exact) mass is 319 g/mol. The van der Waals surface area contributed by atoms with Gasteiger partial charge in [0.15, 0.2) is 0 Å². The largest absolute Gasteiger partial charge is 0.352 e. The van der Waals surface area contributed by atoms with Gasteiger partial charge in [-0.25, -0.2) is 13.6 Å². The standard InChI is InChI=1S/C15H17N3O3S/c1-11-2-5-13(10-18-11)15(19)17-9-8-12-3-6-14(7-4-12)22(16,20)21/h2-7,10H,8-9H2,1H3,(H,17,19)(H2,16,20,21). The number of benzene rings is 1. The quantitative estimate of drug-likeness (QED) is 0.858. The Hall–Kier alpha value is -2.25. The van der Waals surface area contributed by atoms with Crippen LogP contribution in [0, 0.1) is 6.92 Å². The van der Waals surface area contributed by atoms with Crippen LogP contribution in [0.2, 0.25) is 0 Å². The molecule has 0 aliphatic heterocycles. The zero-order valence-electron chi connectivity index (χ0n) is 12.1. The van der Waals surface area contributed by atoms with E-state index in [0.717, 1.165) is 11.3 Å². The number of nitrogens with zero attached hydrogens (tertiary/aromatic N) is 1. The lowest BCUT2D eigenvalue weighted by Gasteiger charge is -2.06. The zero-order chi connectivity index (χ0) is 16.2. The number of aromatic nitrogens is 1. The number of carbonyl (C=O) groups excluding carboxylic acids is 1. The molecule has 0 aliphatic rings. The second kappa shape index (κ2) is 6.67. The lowest BCUT2D eigenvalue weighted by Crippen LogP contribution is -2.25. The minimum atomic E-state index is -3.67. The Labute approximate surface area is 129 Å². The van der Waals surface area contributed by atoms with Gasteiger partial charge in [0.1, 0.15) is 0 Å². The number of pyridine rings is 1. The van der Waals surface area contributed by atoms with Crippen molar-refractivity contribution in [1.82, 2.24) is 10.3 Å². The van der Waals surface area contributed by atoms with Gasteiger partial charge in [-0.2, -0.15) is 0 Å². The number of hydrogen-bond donors (Lipinski definition) is 2. The Morgan fingerprint density at radius 2 is 1.86 bits per heavy atom. The molecule has 1 amide bonds. The molecule has 3 N–H and O–H groups in total. The lowest BCUT2D eigenvalue weighted by molar-refractivity contribution is 0.0954. The number of nitrogens with two attached hydrogens (primary N) is 1. The molecule has 1 aromatic carbocycles. The van der Waals surface area contributed by atoms with Crippen LogP contribution in [0.15, 0.2) is 47.5 Å². The molecule has 0 saturated carbocycles. The minimum absolute atomic E-state index is 0.0750. The maximum atomic E-state index is 11.9. The van der Waals surface area contributed by atoms with E-state index in [1.807, 2.05) is 6.92 Å². The number of carbonyl (C=O) groups is 1. The van der Waals surface area contributed by atoms with Crippen LogP contribution in [0.1, 0.15) is 21.6 Å². The molecule has 0 radical (unpaired) electrons. The molecule has 0 atom stereocenters. The number of hydrogen-bond acceptors (Lipinski definition) is 4. The lowest BCUT2D eigenvalue weighted by atomic mass is 10.1. The van der Waals surface area contributed by atoms with E-state index in [9.17, 15) is 13.2 Å². The van der Waals surface area contributed by atoms with Crippen molar-refractivity contribution in [1.29, 1.82) is 0 Å². The summed E-state index contributed by atoms with van der Waals surface area (Å²) in [5.41, 5.74) is 2.27. The average Bonchev–Trinajstić information content (AvgIpc) is 2.47. The maximum Gasteiger partial charge on any atom is 0.252 e. The highest BCUT2D eigenvalue weighted by Crippen LogP contribution is 2.09. The summed E-state index contributed by atoms with van der Waals surface area (Å²) in [7, 11) is -3.67. The molecule has 0 saturated heterocycles. The Bertz CT molecular complexity index is 754. The average molecular weight is 319 g/mol. The molecule has 2 aromatic rings. The third kappa shape index (κ3) is 4.37. The predicted octanol–water partition coefficient (Wildman–Crippen LogP) is 1.01. The number of sulfonamides is 1. The predicted molar refractivity (Wildman–Crippen MR) is 82.8 cm³/mol. The number of aryl methyl sites for hydroxylation is 1. The fraction of sp³-hybridized carbons (Fsp3) is 0.200. The summed E-state index contributed by atoms with van der Waals surface area (Å²) in [5, 5.41) is 7.82. The fourth-order valence-corrected chi connectivity index (χ4v) is 2.39. The van der Waals surface area contributed by atoms with Crippen molar-refractivity contribution in [2.45, 2.75) is 18.2 Å². The Morgan fingerprint density at radius 3 is 2.41 bits per heavy atom. The van der Waals surface area contributed by atoms with E-state index in [4.69, 9.17) is 5.14 Å². The number of rotatable bonds is 5. The molecule has 0 aliphatic carbocycles. The molecule has 7 heteroatoms. The molecule has 2 rings (SSSR count). The summed E-state index contributed by atoms with van der Waals surface area (Å²) in [5.74, 6) is -0.186. The summed E-state index contributed by atoms with van der Waals surface area (Å²) < 4.78 is 22.3. The van der Waals surface area contributed by atoms with Crippen molar-refractivity contribution in [3.8, 4) is 0 Å². The summed E-state index contributed by atoms with van der Waals surface area (Å²) in [4.78, 5) is 16.0. The summed E-state index contributed by atoms with van der Waals surface area (Å²) in [6, 6.07) is 9.77. The second-order valence-electron chi connectivity index (χ2n) is 4.88. The van der Waals surface area contributed by atoms with Gasteiger partial charge in [-0.15, -0.1) is 0 Å². The van der Waals surface area contributed by atoms with Crippen LogP contribution in [-0.2, 0) is 16.4 Å². The molecule has 0 fully saturated rings. The summed E-state index contributed by atoms with van der Waals surface area (Å²) in [6.07, 6.45) is 2.13. The molecule has 0 unspecified atom stereocenters. The minimum Gasteiger partial charge on any atom is -0.352 e. The van der Waals surface area contributed by atoms with E-state index in [1.54, 1.807) is 24.3 Å². The maximum absolute atomic E-state index is 11.9. The topological polar surface area (TPSA) is 102 Å². The highest BCUT2D eigenvalue weighted by atomic mass is 32.2. The molecule has 116 valence electrons. The van der Waals surface area contributed by atoms with Crippen LogP contribution in [0.4, 0.5) is 0 Å². The first-order valence-electron chi connectivity index (χ1n) is 6.69. The Kier molecular flexibility index (Phi) is 4.89. The molecule has 1 aromatic heterocycles. The number of nitrogens with one attached hydrogen (secondary N) is 1. The van der Waals surface area contributed by atoms with Gasteiger partial charge < -0.3 is 5.32 Å². The molecule has 6 nitrogen and oxygen atoms in total. The Balaban J connectivity index is 1.88. The first kappa shape index (κ1) is 16.1. The van der Waals surface area contributed by atoms with Crippen molar-refractivity contribution in [3.63, 3.8) is 0 Å². The smallest absolute Gasteiger partial charge is 0.252 e. The van der Waals surface area contributed by atoms with Crippen LogP contribution in [0.3, 0.4) is 0 Å². The number of primary sulfonamides is 1. The van der Waals surface area contributed by atoms with Gasteiger partial charge in [-0.3, -0.25) is 9.78 Å².